The van der Waals surface area contributed by atoms with Crippen LogP contribution in [0.4, 0.5) is 45.1 Å². The van der Waals surface area contributed by atoms with Crippen molar-refractivity contribution in [1.82, 2.24) is 34.5 Å². The van der Waals surface area contributed by atoms with Gasteiger partial charge in [-0.05, 0) is 81.1 Å². The Morgan fingerprint density at radius 3 is 2.45 bits per heavy atom. The van der Waals surface area contributed by atoms with E-state index in [1.807, 2.05) is 13.1 Å². The summed E-state index contributed by atoms with van der Waals surface area (Å²) in [6, 6.07) is 7.31. The quantitative estimate of drug-likeness (QED) is 0.111. The third kappa shape index (κ3) is 7.66. The number of anilines is 4. The minimum atomic E-state index is -3.26. The molecule has 10 rings (SSSR count). The smallest absolute Gasteiger partial charge is 0.301 e. The number of likely N-dealkylation sites (tertiary alicyclic amines) is 1. The third-order valence-corrected chi connectivity index (χ3v) is 14.0. The number of fused-ring (bicyclic) bond motifs is 4. The lowest BCUT2D eigenvalue weighted by atomic mass is 9.86. The van der Waals surface area contributed by atoms with Crippen LogP contribution in [-0.2, 0) is 23.7 Å². The fourth-order valence-corrected chi connectivity index (χ4v) is 10.1. The molecule has 3 saturated heterocycles. The second-order valence-electron chi connectivity index (χ2n) is 18.0. The van der Waals surface area contributed by atoms with Crippen molar-refractivity contribution >= 4 is 68.4 Å². The van der Waals surface area contributed by atoms with E-state index in [4.69, 9.17) is 16.3 Å². The number of ether oxygens (including phenoxy) is 1. The molecule has 0 radical (unpaired) electrons. The number of nitrogens with zero attached hydrogens (tertiary/aromatic N) is 7. The van der Waals surface area contributed by atoms with Crippen molar-refractivity contribution in [3.63, 3.8) is 0 Å². The fourth-order valence-electron chi connectivity index (χ4n) is 9.95. The molecule has 1 saturated carbocycles. The average molecular weight is 909 g/mol. The maximum Gasteiger partial charge on any atom is 0.301 e. The predicted octanol–water partition coefficient (Wildman–Crippen LogP) is 6.83. The van der Waals surface area contributed by atoms with Crippen LogP contribution in [0.1, 0.15) is 68.0 Å². The lowest BCUT2D eigenvalue weighted by molar-refractivity contribution is -0.134. The molecule has 3 aromatic heterocycles. The Labute approximate surface area is 368 Å². The van der Waals surface area contributed by atoms with E-state index >= 15 is 22.0 Å². The van der Waals surface area contributed by atoms with Gasteiger partial charge in [-0.15, -0.1) is 0 Å². The Bertz CT molecular complexity index is 2770. The number of hydrogen-bond acceptors (Lipinski definition) is 11. The molecule has 5 aliphatic rings. The molecule has 0 bridgehead atoms. The number of aryl methyl sites for hydroxylation is 2. The van der Waals surface area contributed by atoms with Crippen molar-refractivity contribution in [3.8, 4) is 5.75 Å². The molecule has 64 heavy (non-hydrogen) atoms. The van der Waals surface area contributed by atoms with Gasteiger partial charge >= 0.3 is 5.92 Å². The molecule has 5 aromatic rings. The van der Waals surface area contributed by atoms with Gasteiger partial charge in [0.05, 0.1) is 52.8 Å². The highest BCUT2D eigenvalue weighted by molar-refractivity contribution is 6.33. The van der Waals surface area contributed by atoms with Gasteiger partial charge in [0.15, 0.2) is 12.4 Å². The molecule has 7 heterocycles. The zero-order valence-corrected chi connectivity index (χ0v) is 35.8. The summed E-state index contributed by atoms with van der Waals surface area (Å²) in [5.74, 6) is -9.62. The molecular weight excluding hydrogens is 863 g/mol. The summed E-state index contributed by atoms with van der Waals surface area (Å²) in [7, 11) is 3.23. The monoisotopic (exact) mass is 908 g/mol. The first kappa shape index (κ1) is 42.4. The second kappa shape index (κ2) is 15.9. The van der Waals surface area contributed by atoms with Crippen LogP contribution in [0.2, 0.25) is 5.02 Å². The van der Waals surface area contributed by atoms with Gasteiger partial charge in [-0.25, -0.2) is 26.9 Å². The summed E-state index contributed by atoms with van der Waals surface area (Å²) >= 11 is 6.47. The molecule has 3 atom stereocenters. The number of halogens is 6. The van der Waals surface area contributed by atoms with E-state index < -0.39 is 54.3 Å². The highest BCUT2D eigenvalue weighted by Crippen LogP contribution is 2.46. The predicted molar refractivity (Wildman–Crippen MR) is 230 cm³/mol. The van der Waals surface area contributed by atoms with Gasteiger partial charge in [0.25, 0.3) is 11.5 Å². The first-order chi connectivity index (χ1) is 30.5. The Morgan fingerprint density at radius 2 is 1.72 bits per heavy atom. The van der Waals surface area contributed by atoms with E-state index in [0.717, 1.165) is 39.9 Å². The highest BCUT2D eigenvalue weighted by atomic mass is 35.5. The number of hydrogen-bond donors (Lipinski definition) is 3. The Kier molecular flexibility index (Phi) is 10.5. The summed E-state index contributed by atoms with van der Waals surface area (Å²) in [4.78, 5) is 49.7. The van der Waals surface area contributed by atoms with Crippen molar-refractivity contribution in [3.05, 3.63) is 69.0 Å². The van der Waals surface area contributed by atoms with Crippen LogP contribution in [0, 0.1) is 17.7 Å². The number of carbonyl (C=O) groups is 2. The second-order valence-corrected chi connectivity index (χ2v) is 18.4. The molecule has 2 unspecified atom stereocenters. The zero-order chi connectivity index (χ0) is 44.8. The van der Waals surface area contributed by atoms with Gasteiger partial charge < -0.3 is 29.7 Å². The minimum absolute atomic E-state index is 0.0142. The zero-order valence-electron chi connectivity index (χ0n) is 35.1. The summed E-state index contributed by atoms with van der Waals surface area (Å²) in [5.41, 5.74) is 2.01. The molecule has 338 valence electrons. The number of imide groups is 1. The number of benzene rings is 2. The standard InChI is InChI=1S/C44H46ClF5N10O4/c1-57-32-17-30(46)31(16-28(32)36-37(41(57)63)64-21-44(49,50)38(54-36)23-3-4-23)52-39-29(45)18-51-42(55-39)60-14-11-25(43(47,48)20-60)19-59-12-9-22(10-13-59)24-5-6-26-33(15-24)58(2)56-35(26)27-7-8-34(61)53-40(27)62/h5-6,15-18,22-23,25,27,38,54H,3-4,7-14,19-21H2,1-2H3,(H,51,52,55)(H,53,61,62)/t25-,27?,38?/m1/s1. The number of pyridine rings is 1. The number of carbonyl (C=O) groups excluding carboxylic acids is 2. The summed E-state index contributed by atoms with van der Waals surface area (Å²) in [5, 5.41) is 13.9. The van der Waals surface area contributed by atoms with Crippen LogP contribution in [0.5, 0.6) is 5.75 Å². The average Bonchev–Trinajstić information content (AvgIpc) is 4.06. The number of nitrogens with one attached hydrogen (secondary N) is 3. The number of rotatable bonds is 8. The van der Waals surface area contributed by atoms with E-state index in [2.05, 4.69) is 48.0 Å². The maximum absolute atomic E-state index is 16.0. The number of alkyl halides is 4. The Morgan fingerprint density at radius 1 is 0.938 bits per heavy atom. The Hall–Kier alpha value is -5.56. The number of piperidine rings is 3. The van der Waals surface area contributed by atoms with E-state index in [1.54, 1.807) is 4.68 Å². The first-order valence-corrected chi connectivity index (χ1v) is 22.0. The molecule has 4 aliphatic heterocycles. The van der Waals surface area contributed by atoms with Crippen molar-refractivity contribution in [2.24, 2.45) is 25.9 Å². The molecule has 4 fully saturated rings. The SMILES string of the molecule is Cn1nc(C2CCC(=O)NC2=O)c2ccc(C3CCN(C[C@H]4CCN(c5ncc(Cl)c(Nc6cc7c8c(c(=O)n(C)c7cc6F)OCC(F)(F)C(C6CC6)N8)n5)CC4(F)F)CC3)cc21. The van der Waals surface area contributed by atoms with Crippen molar-refractivity contribution < 1.29 is 36.3 Å². The van der Waals surface area contributed by atoms with Gasteiger partial charge in [-0.2, -0.15) is 10.1 Å². The number of amides is 2. The Balaban J connectivity index is 0.802. The molecule has 3 N–H and O–H groups in total. The summed E-state index contributed by atoms with van der Waals surface area (Å²) in [6.45, 7) is 0.161. The van der Waals surface area contributed by atoms with Crippen LogP contribution < -0.4 is 31.1 Å². The maximum atomic E-state index is 16.0. The molecular formula is C44H46ClF5N10O4. The number of aromatic nitrogens is 5. The van der Waals surface area contributed by atoms with Crippen LogP contribution in [0.3, 0.4) is 0 Å². The molecule has 2 aromatic carbocycles. The van der Waals surface area contributed by atoms with Gasteiger partial charge in [-0.3, -0.25) is 24.4 Å². The van der Waals surface area contributed by atoms with E-state index in [9.17, 15) is 14.4 Å². The fraction of sp³-hybridized carbons (Fsp3) is 0.500. The van der Waals surface area contributed by atoms with E-state index in [1.165, 1.54) is 24.2 Å². The van der Waals surface area contributed by atoms with Crippen molar-refractivity contribution in [2.75, 3.05) is 54.9 Å². The normalized spacial score (nSPS) is 23.9. The lowest BCUT2D eigenvalue weighted by Gasteiger charge is -2.41. The van der Waals surface area contributed by atoms with Gasteiger partial charge in [-0.1, -0.05) is 23.7 Å². The van der Waals surface area contributed by atoms with Crippen molar-refractivity contribution in [1.29, 1.82) is 0 Å². The highest BCUT2D eigenvalue weighted by Gasteiger charge is 2.51. The molecule has 20 heteroatoms. The van der Waals surface area contributed by atoms with Crippen molar-refractivity contribution in [2.45, 2.75) is 74.7 Å². The summed E-state index contributed by atoms with van der Waals surface area (Å²) in [6.07, 6.45) is 4.88. The first-order valence-electron chi connectivity index (χ1n) is 21.6. The third-order valence-electron chi connectivity index (χ3n) is 13.7. The van der Waals surface area contributed by atoms with Crippen LogP contribution >= 0.6 is 11.6 Å². The minimum Gasteiger partial charge on any atom is -0.480 e. The molecule has 14 nitrogen and oxygen atoms in total. The van der Waals surface area contributed by atoms with Crippen LogP contribution in [-0.4, -0.2) is 98.2 Å². The van der Waals surface area contributed by atoms with Gasteiger partial charge in [0.2, 0.25) is 23.5 Å². The molecule has 0 spiro atoms. The molecule has 1 aliphatic carbocycles. The van der Waals surface area contributed by atoms with E-state index in [0.29, 0.717) is 38.0 Å². The van der Waals surface area contributed by atoms with Gasteiger partial charge in [0.1, 0.15) is 10.8 Å². The van der Waals surface area contributed by atoms with Crippen LogP contribution in [0.15, 0.2) is 41.3 Å². The van der Waals surface area contributed by atoms with Crippen LogP contribution in [0.25, 0.3) is 21.8 Å². The summed E-state index contributed by atoms with van der Waals surface area (Å²) < 4.78 is 86.4. The van der Waals surface area contributed by atoms with Gasteiger partial charge in [0, 0.05) is 56.4 Å². The lowest BCUT2D eigenvalue weighted by Crippen LogP contribution is -2.53. The van der Waals surface area contributed by atoms with E-state index in [-0.39, 0.29) is 94.4 Å². The topological polar surface area (TPSA) is 152 Å². The molecule has 2 amide bonds. The largest absolute Gasteiger partial charge is 0.480 e.